The fourth-order valence-corrected chi connectivity index (χ4v) is 6.01. The Labute approximate surface area is 308 Å². The van der Waals surface area contributed by atoms with Crippen molar-refractivity contribution in [1.29, 1.82) is 0 Å². The van der Waals surface area contributed by atoms with Gasteiger partial charge < -0.3 is 89.0 Å². The molecule has 0 spiro atoms. The van der Waals surface area contributed by atoms with Gasteiger partial charge in [-0.2, -0.15) is 0 Å². The van der Waals surface area contributed by atoms with Crippen molar-refractivity contribution in [2.24, 2.45) is 0 Å². The Morgan fingerprint density at radius 3 is 2.22 bits per heavy atom. The highest BCUT2D eigenvalue weighted by atomic mass is 16.8. The van der Waals surface area contributed by atoms with E-state index in [0.717, 1.165) is 6.08 Å². The van der Waals surface area contributed by atoms with Crippen LogP contribution in [0.5, 0.6) is 23.0 Å². The van der Waals surface area contributed by atoms with E-state index in [1.54, 1.807) is 0 Å². The molecular formula is C35H46O19. The van der Waals surface area contributed by atoms with Crippen molar-refractivity contribution < 1.29 is 93.8 Å². The molecule has 14 atom stereocenters. The first-order valence-corrected chi connectivity index (χ1v) is 17.0. The Morgan fingerprint density at radius 1 is 0.778 bits per heavy atom. The number of carbonyl (C=O) groups is 1. The smallest absolute Gasteiger partial charge is 0.331 e. The van der Waals surface area contributed by atoms with Gasteiger partial charge in [-0.3, -0.25) is 0 Å². The summed E-state index contributed by atoms with van der Waals surface area (Å²) in [5.41, 5.74) is 0.964. The first-order chi connectivity index (χ1) is 25.7. The van der Waals surface area contributed by atoms with Crippen LogP contribution in [-0.2, 0) is 44.4 Å². The van der Waals surface area contributed by atoms with E-state index < -0.39 is 105 Å². The molecule has 5 rings (SSSR count). The number of aromatic hydroxyl groups is 3. The van der Waals surface area contributed by atoms with E-state index in [9.17, 15) is 55.9 Å². The summed E-state index contributed by atoms with van der Waals surface area (Å²) in [6, 6.07) is 8.39. The van der Waals surface area contributed by atoms with Crippen LogP contribution in [0.2, 0.25) is 0 Å². The quantitative estimate of drug-likeness (QED) is 0.0585. The average molecular weight is 771 g/mol. The number of methoxy groups -OCH3 is 1. The lowest BCUT2D eigenvalue weighted by Gasteiger charge is -2.47. The molecule has 2 aromatic rings. The van der Waals surface area contributed by atoms with Crippen LogP contribution >= 0.6 is 0 Å². The summed E-state index contributed by atoms with van der Waals surface area (Å²) in [7, 11) is 1.34. The van der Waals surface area contributed by atoms with Crippen LogP contribution in [0.3, 0.4) is 0 Å². The Balaban J connectivity index is 1.42. The van der Waals surface area contributed by atoms with Gasteiger partial charge >= 0.3 is 5.97 Å². The number of benzene rings is 2. The van der Waals surface area contributed by atoms with E-state index in [1.807, 2.05) is 0 Å². The third-order valence-corrected chi connectivity index (χ3v) is 9.17. The van der Waals surface area contributed by atoms with Crippen LogP contribution in [0.4, 0.5) is 0 Å². The van der Waals surface area contributed by atoms with Gasteiger partial charge in [0.1, 0.15) is 54.9 Å². The number of aliphatic hydroxyl groups excluding tert-OH is 7. The second-order valence-electron chi connectivity index (χ2n) is 13.0. The minimum Gasteiger partial charge on any atom is -0.504 e. The van der Waals surface area contributed by atoms with Crippen LogP contribution in [-0.4, -0.2) is 170 Å². The minimum absolute atomic E-state index is 0.130. The molecule has 0 bridgehead atoms. The first-order valence-electron chi connectivity index (χ1n) is 17.0. The maximum atomic E-state index is 13.3. The van der Waals surface area contributed by atoms with E-state index in [2.05, 4.69) is 0 Å². The molecule has 3 aliphatic rings. The SMILES string of the molecule is COc1cc(/C=C/C(=O)O[C@H]2[C@H](O[C@@H]3O[C@@H](C)[C@H](O)[C@@H](O)[C@@H]3O)[C@@H](O)[C@H](OCCc3ccc(O)c(O)c3)O[C@@H]2CO[C@H]2OC[C@H](O)[C@@H](O)[C@@H]2O)ccc1O. The summed E-state index contributed by atoms with van der Waals surface area (Å²) in [6.45, 7) is 0.285. The van der Waals surface area contributed by atoms with Crippen LogP contribution < -0.4 is 4.74 Å². The Morgan fingerprint density at radius 2 is 1.50 bits per heavy atom. The number of hydrogen-bond acceptors (Lipinski definition) is 19. The van der Waals surface area contributed by atoms with Gasteiger partial charge in [-0.25, -0.2) is 4.79 Å². The lowest BCUT2D eigenvalue weighted by molar-refractivity contribution is -0.362. The Bertz CT molecular complexity index is 1570. The van der Waals surface area contributed by atoms with Gasteiger partial charge in [0, 0.05) is 6.08 Å². The zero-order valence-electron chi connectivity index (χ0n) is 29.2. The molecule has 2 aromatic carbocycles. The van der Waals surface area contributed by atoms with Crippen molar-refractivity contribution in [2.75, 3.05) is 26.9 Å². The zero-order chi connectivity index (χ0) is 39.3. The molecule has 10 N–H and O–H groups in total. The molecule has 0 amide bonds. The van der Waals surface area contributed by atoms with Crippen LogP contribution in [0.1, 0.15) is 18.1 Å². The highest BCUT2D eigenvalue weighted by Crippen LogP contribution is 2.33. The number of carbonyl (C=O) groups excluding carboxylic acids is 1. The Hall–Kier alpha value is -3.67. The van der Waals surface area contributed by atoms with E-state index >= 15 is 0 Å². The van der Waals surface area contributed by atoms with Gasteiger partial charge in [-0.05, 0) is 54.8 Å². The lowest BCUT2D eigenvalue weighted by Crippen LogP contribution is -2.65. The van der Waals surface area contributed by atoms with E-state index in [1.165, 1.54) is 56.5 Å². The number of aliphatic hydroxyl groups is 7. The molecule has 3 fully saturated rings. The fourth-order valence-electron chi connectivity index (χ4n) is 6.01. The number of hydrogen-bond donors (Lipinski definition) is 10. The van der Waals surface area contributed by atoms with Crippen molar-refractivity contribution in [3.8, 4) is 23.0 Å². The predicted octanol–water partition coefficient (Wildman–Crippen LogP) is -2.25. The van der Waals surface area contributed by atoms with Gasteiger partial charge in [-0.15, -0.1) is 0 Å². The Kier molecular flexibility index (Phi) is 14.1. The first kappa shape index (κ1) is 41.5. The summed E-state index contributed by atoms with van der Waals surface area (Å²) in [6.07, 6.45) is -19.6. The summed E-state index contributed by atoms with van der Waals surface area (Å²) >= 11 is 0. The molecular weight excluding hydrogens is 724 g/mol. The molecule has 54 heavy (non-hydrogen) atoms. The molecule has 19 nitrogen and oxygen atoms in total. The van der Waals surface area contributed by atoms with E-state index in [-0.39, 0.29) is 36.0 Å². The van der Waals surface area contributed by atoms with Gasteiger partial charge in [0.25, 0.3) is 0 Å². The highest BCUT2D eigenvalue weighted by molar-refractivity contribution is 5.87. The van der Waals surface area contributed by atoms with Crippen molar-refractivity contribution in [3.05, 3.63) is 53.6 Å². The third-order valence-electron chi connectivity index (χ3n) is 9.17. The maximum absolute atomic E-state index is 13.3. The predicted molar refractivity (Wildman–Crippen MR) is 179 cm³/mol. The molecule has 0 unspecified atom stereocenters. The van der Waals surface area contributed by atoms with Crippen LogP contribution in [0, 0.1) is 0 Å². The second kappa shape index (κ2) is 18.3. The van der Waals surface area contributed by atoms with Crippen molar-refractivity contribution >= 4 is 12.0 Å². The maximum Gasteiger partial charge on any atom is 0.331 e. The third kappa shape index (κ3) is 9.76. The van der Waals surface area contributed by atoms with Gasteiger partial charge in [-0.1, -0.05) is 12.1 Å². The number of rotatable bonds is 13. The molecule has 3 heterocycles. The van der Waals surface area contributed by atoms with Gasteiger partial charge in [0.15, 0.2) is 48.0 Å². The molecule has 0 saturated carbocycles. The van der Waals surface area contributed by atoms with Crippen LogP contribution in [0.25, 0.3) is 6.08 Å². The van der Waals surface area contributed by atoms with Crippen molar-refractivity contribution in [1.82, 2.24) is 0 Å². The molecule has 0 aromatic heterocycles. The van der Waals surface area contributed by atoms with Crippen molar-refractivity contribution in [2.45, 2.75) is 99.4 Å². The summed E-state index contributed by atoms with van der Waals surface area (Å²) in [5.74, 6) is -1.72. The molecule has 3 saturated heterocycles. The average Bonchev–Trinajstić information content (AvgIpc) is 3.15. The molecule has 300 valence electrons. The monoisotopic (exact) mass is 770 g/mol. The molecule has 19 heteroatoms. The summed E-state index contributed by atoms with van der Waals surface area (Å²) in [4.78, 5) is 13.3. The topological polar surface area (TPSA) is 293 Å². The van der Waals surface area contributed by atoms with Crippen LogP contribution in [0.15, 0.2) is 42.5 Å². The molecule has 0 radical (unpaired) electrons. The highest BCUT2D eigenvalue weighted by Gasteiger charge is 2.53. The molecule has 0 aliphatic carbocycles. The standard InChI is InChI=1S/C35H46O19/c1-15-25(41)27(43)29(45)35(51-15)54-32-30(46)34(48-10-9-17-3-6-18(36)20(38)11-17)52-23(14-50-33-28(44)26(42)21(39)13-49-33)31(32)53-24(40)8-5-16-4-7-19(37)22(12-16)47-2/h3-8,11-12,15,21,23,25-39,41-46H,9-10,13-14H2,1-2H3/b8-5+/t15-,21-,23+,25-,26+,27+,28-,29-,30+,31+,32+,33+,34+,35-/m0/s1. The van der Waals surface area contributed by atoms with Crippen molar-refractivity contribution in [3.63, 3.8) is 0 Å². The van der Waals surface area contributed by atoms with Gasteiger partial charge in [0.2, 0.25) is 0 Å². The minimum atomic E-state index is -1.85. The second-order valence-corrected chi connectivity index (χ2v) is 13.0. The summed E-state index contributed by atoms with van der Waals surface area (Å²) < 4.78 is 45.4. The normalized spacial score (nSPS) is 35.9. The number of esters is 1. The zero-order valence-corrected chi connectivity index (χ0v) is 29.2. The largest absolute Gasteiger partial charge is 0.504 e. The fraction of sp³-hybridized carbons (Fsp3) is 0.571. The number of phenolic OH excluding ortho intramolecular Hbond substituents is 3. The number of phenols is 3. The number of ether oxygens (including phenoxy) is 8. The molecule has 3 aliphatic heterocycles. The lowest BCUT2D eigenvalue weighted by atomic mass is 9.96. The van der Waals surface area contributed by atoms with E-state index in [0.29, 0.717) is 11.1 Å². The summed E-state index contributed by atoms with van der Waals surface area (Å²) in [5, 5.41) is 103. The van der Waals surface area contributed by atoms with Gasteiger partial charge in [0.05, 0.1) is 33.0 Å². The van der Waals surface area contributed by atoms with E-state index in [4.69, 9.17) is 37.9 Å².